The van der Waals surface area contributed by atoms with Crippen molar-refractivity contribution >= 4 is 28.3 Å². The number of thiazole rings is 1. The molecule has 4 atom stereocenters. The minimum atomic E-state index is -0.678. The molecule has 2 bridgehead atoms. The smallest absolute Gasteiger partial charge is 0.258 e. The van der Waals surface area contributed by atoms with Crippen LogP contribution in [0.1, 0.15) is 40.9 Å². The molecule has 2 amide bonds. The fraction of sp³-hybridized carbons (Fsp3) is 0.450. The topological polar surface area (TPSA) is 80.3 Å². The summed E-state index contributed by atoms with van der Waals surface area (Å²) in [5, 5.41) is 6.76. The predicted octanol–water partition coefficient (Wildman–Crippen LogP) is 3.34. The lowest BCUT2D eigenvalue weighted by atomic mass is 9.60. The number of rotatable bonds is 2. The fourth-order valence-corrected chi connectivity index (χ4v) is 5.56. The number of anilines is 1. The van der Waals surface area contributed by atoms with Gasteiger partial charge in [0.05, 0.1) is 5.56 Å². The van der Waals surface area contributed by atoms with E-state index in [0.29, 0.717) is 22.9 Å². The molecule has 3 aliphatic carbocycles. The molecule has 140 valence electrons. The Hall–Kier alpha value is -2.41. The van der Waals surface area contributed by atoms with Crippen molar-refractivity contribution < 1.29 is 14.3 Å². The van der Waals surface area contributed by atoms with Crippen LogP contribution < -0.4 is 15.4 Å². The van der Waals surface area contributed by atoms with Crippen LogP contribution in [0, 0.1) is 24.7 Å². The highest BCUT2D eigenvalue weighted by Gasteiger charge is 2.57. The molecule has 2 N–H and O–H groups in total. The van der Waals surface area contributed by atoms with Gasteiger partial charge in [0.1, 0.15) is 5.75 Å². The summed E-state index contributed by atoms with van der Waals surface area (Å²) in [7, 11) is 0. The summed E-state index contributed by atoms with van der Waals surface area (Å²) in [6.45, 7) is 1.97. The van der Waals surface area contributed by atoms with Crippen LogP contribution in [-0.4, -0.2) is 22.5 Å². The van der Waals surface area contributed by atoms with Crippen LogP contribution in [-0.2, 0) is 4.79 Å². The standard InChI is InChI=1S/C20H21N3O3S/c1-11-10-21-19(27-11)22-17(24)15-8-13-7-6-12(15)9-20(13)23-18(25)14-4-2-3-5-16(14)26-20/h2-5,10,12-13,15H,6-9H2,1H3,(H,23,25)(H,21,22,24)/t12-,13+,15-,20+/m0/s1. The van der Waals surface area contributed by atoms with Crippen molar-refractivity contribution in [1.82, 2.24) is 10.3 Å². The number of benzene rings is 1. The number of aryl methyl sites for hydroxylation is 1. The summed E-state index contributed by atoms with van der Waals surface area (Å²) in [4.78, 5) is 30.8. The first-order chi connectivity index (χ1) is 13.0. The Kier molecular flexibility index (Phi) is 3.75. The maximum Gasteiger partial charge on any atom is 0.258 e. The number of aromatic nitrogens is 1. The monoisotopic (exact) mass is 383 g/mol. The third-order valence-corrected chi connectivity index (χ3v) is 6.98. The molecule has 1 aliphatic heterocycles. The highest BCUT2D eigenvalue weighted by atomic mass is 32.1. The van der Waals surface area contributed by atoms with E-state index in [0.717, 1.165) is 24.1 Å². The second-order valence-electron chi connectivity index (χ2n) is 7.79. The Labute approximate surface area is 161 Å². The maximum absolute atomic E-state index is 12.8. The van der Waals surface area contributed by atoms with Gasteiger partial charge in [0.2, 0.25) is 5.91 Å². The number of para-hydroxylation sites is 1. The molecule has 1 aromatic heterocycles. The summed E-state index contributed by atoms with van der Waals surface area (Å²) < 4.78 is 6.34. The van der Waals surface area contributed by atoms with Gasteiger partial charge in [-0.05, 0) is 44.2 Å². The zero-order chi connectivity index (χ0) is 18.6. The maximum atomic E-state index is 12.8. The molecule has 3 saturated carbocycles. The molecule has 0 radical (unpaired) electrons. The Morgan fingerprint density at radius 2 is 2.22 bits per heavy atom. The number of amides is 2. The average Bonchev–Trinajstić information content (AvgIpc) is 3.06. The average molecular weight is 383 g/mol. The van der Waals surface area contributed by atoms with Gasteiger partial charge in [-0.1, -0.05) is 12.1 Å². The largest absolute Gasteiger partial charge is 0.467 e. The molecule has 0 unspecified atom stereocenters. The second-order valence-corrected chi connectivity index (χ2v) is 9.02. The van der Waals surface area contributed by atoms with Crippen LogP contribution in [0.3, 0.4) is 0 Å². The van der Waals surface area contributed by atoms with Crippen LogP contribution in [0.15, 0.2) is 30.5 Å². The first kappa shape index (κ1) is 16.7. The SMILES string of the molecule is Cc1cnc(NC(=O)[C@H]2C[C@H]3CC[C@H]2C[C@]32NC(=O)c3ccccc3O2)s1. The zero-order valence-electron chi connectivity index (χ0n) is 15.0. The number of hydrogen-bond donors (Lipinski definition) is 2. The van der Waals surface area contributed by atoms with Crippen molar-refractivity contribution in [2.45, 2.75) is 38.3 Å². The summed E-state index contributed by atoms with van der Waals surface area (Å²) in [5.41, 5.74) is -0.0962. The molecular formula is C20H21N3O3S. The fourth-order valence-electron chi connectivity index (χ4n) is 4.89. The van der Waals surface area contributed by atoms with Gasteiger partial charge in [-0.15, -0.1) is 11.3 Å². The highest BCUT2D eigenvalue weighted by molar-refractivity contribution is 7.15. The Morgan fingerprint density at radius 3 is 2.96 bits per heavy atom. The van der Waals surface area contributed by atoms with Crippen molar-refractivity contribution in [2.75, 3.05) is 5.32 Å². The minimum absolute atomic E-state index is 0.0384. The Bertz CT molecular complexity index is 927. The lowest BCUT2D eigenvalue weighted by Crippen LogP contribution is -2.66. The van der Waals surface area contributed by atoms with Gasteiger partial charge in [0.25, 0.3) is 5.91 Å². The molecule has 27 heavy (non-hydrogen) atoms. The van der Waals surface area contributed by atoms with Crippen molar-refractivity contribution in [3.63, 3.8) is 0 Å². The first-order valence-electron chi connectivity index (χ1n) is 9.38. The Balaban J connectivity index is 1.36. The van der Waals surface area contributed by atoms with Crippen molar-refractivity contribution in [2.24, 2.45) is 17.8 Å². The summed E-state index contributed by atoms with van der Waals surface area (Å²) >= 11 is 1.49. The molecule has 6 nitrogen and oxygen atoms in total. The molecule has 6 rings (SSSR count). The highest BCUT2D eigenvalue weighted by Crippen LogP contribution is 2.52. The second kappa shape index (κ2) is 6.05. The van der Waals surface area contributed by atoms with Crippen molar-refractivity contribution in [3.8, 4) is 5.75 Å². The minimum Gasteiger partial charge on any atom is -0.467 e. The molecule has 2 heterocycles. The predicted molar refractivity (Wildman–Crippen MR) is 102 cm³/mol. The number of nitrogens with one attached hydrogen (secondary N) is 2. The van der Waals surface area contributed by atoms with Gasteiger partial charge in [0.15, 0.2) is 10.9 Å². The molecule has 7 heteroatoms. The van der Waals surface area contributed by atoms with E-state index in [-0.39, 0.29) is 29.6 Å². The molecular weight excluding hydrogens is 362 g/mol. The van der Waals surface area contributed by atoms with E-state index >= 15 is 0 Å². The zero-order valence-corrected chi connectivity index (χ0v) is 15.8. The van der Waals surface area contributed by atoms with Crippen LogP contribution in [0.2, 0.25) is 0 Å². The van der Waals surface area contributed by atoms with Crippen molar-refractivity contribution in [3.05, 3.63) is 40.9 Å². The summed E-state index contributed by atoms with van der Waals surface area (Å²) in [5.74, 6) is 0.875. The van der Waals surface area contributed by atoms with Gasteiger partial charge in [-0.2, -0.15) is 0 Å². The van der Waals surface area contributed by atoms with E-state index in [1.54, 1.807) is 12.3 Å². The molecule has 3 fully saturated rings. The third kappa shape index (κ3) is 2.72. The quantitative estimate of drug-likeness (QED) is 0.833. The van der Waals surface area contributed by atoms with Crippen LogP contribution in [0.5, 0.6) is 5.75 Å². The molecule has 4 aliphatic rings. The molecule has 1 spiro atoms. The lowest BCUT2D eigenvalue weighted by molar-refractivity contribution is -0.142. The van der Waals surface area contributed by atoms with E-state index in [2.05, 4.69) is 15.6 Å². The summed E-state index contributed by atoms with van der Waals surface area (Å²) in [6.07, 6.45) is 5.12. The van der Waals surface area contributed by atoms with Gasteiger partial charge < -0.3 is 15.4 Å². The Morgan fingerprint density at radius 1 is 1.37 bits per heavy atom. The number of ether oxygens (including phenoxy) is 1. The molecule has 0 saturated heterocycles. The number of hydrogen-bond acceptors (Lipinski definition) is 5. The van der Waals surface area contributed by atoms with Crippen molar-refractivity contribution in [1.29, 1.82) is 0 Å². The normalized spacial score (nSPS) is 31.1. The van der Waals surface area contributed by atoms with Crippen LogP contribution >= 0.6 is 11.3 Å². The molecule has 2 aromatic rings. The van der Waals surface area contributed by atoms with E-state index < -0.39 is 5.72 Å². The third-order valence-electron chi connectivity index (χ3n) is 6.16. The molecule has 1 aromatic carbocycles. The van der Waals surface area contributed by atoms with Gasteiger partial charge in [0, 0.05) is 29.3 Å². The van der Waals surface area contributed by atoms with E-state index in [9.17, 15) is 9.59 Å². The van der Waals surface area contributed by atoms with Gasteiger partial charge in [-0.3, -0.25) is 9.59 Å². The van der Waals surface area contributed by atoms with E-state index in [1.807, 2.05) is 25.1 Å². The number of carbonyl (C=O) groups excluding carboxylic acids is 2. The van der Waals surface area contributed by atoms with Gasteiger partial charge >= 0.3 is 0 Å². The number of nitrogens with zero attached hydrogens (tertiary/aromatic N) is 1. The number of fused-ring (bicyclic) bond motifs is 3. The van der Waals surface area contributed by atoms with E-state index in [4.69, 9.17) is 4.74 Å². The summed E-state index contributed by atoms with van der Waals surface area (Å²) in [6, 6.07) is 7.37. The first-order valence-corrected chi connectivity index (χ1v) is 10.2. The van der Waals surface area contributed by atoms with Crippen LogP contribution in [0.4, 0.5) is 5.13 Å². The van der Waals surface area contributed by atoms with Crippen LogP contribution in [0.25, 0.3) is 0 Å². The number of carbonyl (C=O) groups is 2. The van der Waals surface area contributed by atoms with Gasteiger partial charge in [-0.25, -0.2) is 4.98 Å². The van der Waals surface area contributed by atoms with E-state index in [1.165, 1.54) is 11.3 Å². The lowest BCUT2D eigenvalue weighted by Gasteiger charge is -2.55.